The summed E-state index contributed by atoms with van der Waals surface area (Å²) in [7, 11) is 0.750. The van der Waals surface area contributed by atoms with Gasteiger partial charge in [-0.2, -0.15) is 0 Å². The molecule has 0 atom stereocenters. The Hall–Kier alpha value is -1.55. The van der Waals surface area contributed by atoms with Crippen LogP contribution in [0.15, 0.2) is 42.5 Å². The summed E-state index contributed by atoms with van der Waals surface area (Å²) in [5, 5.41) is 17.8. The molecule has 2 aromatic carbocycles. The molecule has 0 bridgehead atoms. The van der Waals surface area contributed by atoms with Gasteiger partial charge in [0.05, 0.1) is 0 Å². The zero-order chi connectivity index (χ0) is 13.5. The summed E-state index contributed by atoms with van der Waals surface area (Å²) >= 11 is 0. The molecule has 5 heteroatoms. The van der Waals surface area contributed by atoms with E-state index in [1.165, 1.54) is 34.7 Å². The monoisotopic (exact) mass is 252 g/mol. The molecular formula is C14H14B2O3. The minimum atomic E-state index is 0.375. The number of aryl methyl sites for hydroxylation is 1. The van der Waals surface area contributed by atoms with E-state index in [1.54, 1.807) is 0 Å². The van der Waals surface area contributed by atoms with Gasteiger partial charge in [-0.3, -0.25) is 0 Å². The van der Waals surface area contributed by atoms with Crippen molar-refractivity contribution in [3.05, 3.63) is 53.6 Å². The minimum absolute atomic E-state index is 0.375. The second-order valence-corrected chi connectivity index (χ2v) is 4.15. The maximum atomic E-state index is 7.53. The molecule has 1 aliphatic carbocycles. The molecule has 1 aliphatic rings. The number of benzene rings is 2. The Labute approximate surface area is 114 Å². The number of hydrogen-bond donors (Lipinski definition) is 2. The maximum Gasteiger partial charge on any atom is 0.469 e. The van der Waals surface area contributed by atoms with E-state index in [4.69, 9.17) is 10.0 Å². The van der Waals surface area contributed by atoms with E-state index in [-0.39, 0.29) is 0 Å². The summed E-state index contributed by atoms with van der Waals surface area (Å²) in [5.74, 6) is 0. The van der Waals surface area contributed by atoms with E-state index in [9.17, 15) is 0 Å². The second kappa shape index (κ2) is 7.14. The lowest BCUT2D eigenvalue weighted by Gasteiger charge is -2.12. The topological polar surface area (TPSA) is 49.7 Å². The Morgan fingerprint density at radius 1 is 1.00 bits per heavy atom. The fraction of sp³-hybridized carbons (Fsp3) is 0.143. The van der Waals surface area contributed by atoms with Crippen molar-refractivity contribution in [2.45, 2.75) is 12.8 Å². The van der Waals surface area contributed by atoms with Gasteiger partial charge >= 0.3 is 15.4 Å². The van der Waals surface area contributed by atoms with E-state index >= 15 is 0 Å². The molecule has 19 heavy (non-hydrogen) atoms. The summed E-state index contributed by atoms with van der Waals surface area (Å²) in [6, 6.07) is 13.1. The van der Waals surface area contributed by atoms with E-state index < -0.39 is 0 Å². The molecule has 0 aromatic heterocycles. The molecule has 3 nitrogen and oxygen atoms in total. The summed E-state index contributed by atoms with van der Waals surface area (Å²) < 4.78 is 3.69. The Kier molecular flexibility index (Phi) is 5.21. The lowest BCUT2D eigenvalue weighted by molar-refractivity contribution is 0.408. The lowest BCUT2D eigenvalue weighted by Crippen LogP contribution is -2.00. The Morgan fingerprint density at radius 3 is 2.53 bits per heavy atom. The van der Waals surface area contributed by atoms with E-state index in [0.29, 0.717) is 15.4 Å². The largest absolute Gasteiger partial charge is 0.469 e. The van der Waals surface area contributed by atoms with Gasteiger partial charge in [-0.1, -0.05) is 48.6 Å². The molecule has 2 aromatic rings. The van der Waals surface area contributed by atoms with Crippen LogP contribution >= 0.6 is 0 Å². The van der Waals surface area contributed by atoms with Gasteiger partial charge in [0.15, 0.2) is 0 Å². The first-order chi connectivity index (χ1) is 9.36. The lowest BCUT2D eigenvalue weighted by atomic mass is 9.92. The van der Waals surface area contributed by atoms with Gasteiger partial charge in [-0.15, -0.1) is 0 Å². The van der Waals surface area contributed by atoms with Crippen LogP contribution in [0.2, 0.25) is 0 Å². The first-order valence-electron chi connectivity index (χ1n) is 6.11. The Morgan fingerprint density at radius 2 is 1.79 bits per heavy atom. The standard InChI is InChI=1S/C14H12.B2H2O3/c1-3-7-13-11(5-1)9-10-12-6-2-4-8-14(12)13;3-1-5-2-4/h1,3-5,7-10H,2,6H2;3-4H. The van der Waals surface area contributed by atoms with Crippen molar-refractivity contribution >= 4 is 32.2 Å². The van der Waals surface area contributed by atoms with Crippen molar-refractivity contribution in [3.63, 3.8) is 0 Å². The van der Waals surface area contributed by atoms with Crippen molar-refractivity contribution in [3.8, 4) is 0 Å². The van der Waals surface area contributed by atoms with E-state index in [0.717, 1.165) is 0 Å². The number of allylic oxidation sites excluding steroid dienone is 1. The molecule has 0 amide bonds. The zero-order valence-electron chi connectivity index (χ0n) is 10.5. The minimum Gasteiger partial charge on any atom is -0.456 e. The van der Waals surface area contributed by atoms with Gasteiger partial charge < -0.3 is 14.6 Å². The molecule has 94 valence electrons. The van der Waals surface area contributed by atoms with Gasteiger partial charge in [-0.05, 0) is 34.7 Å². The summed E-state index contributed by atoms with van der Waals surface area (Å²) in [4.78, 5) is 0. The van der Waals surface area contributed by atoms with Crippen LogP contribution in [0.5, 0.6) is 0 Å². The molecule has 0 unspecified atom stereocenters. The normalized spacial score (nSPS) is 12.3. The number of hydrogen-bond acceptors (Lipinski definition) is 3. The smallest absolute Gasteiger partial charge is 0.456 e. The highest BCUT2D eigenvalue weighted by Gasteiger charge is 2.06. The fourth-order valence-electron chi connectivity index (χ4n) is 2.22. The zero-order valence-corrected chi connectivity index (χ0v) is 10.5. The van der Waals surface area contributed by atoms with Crippen molar-refractivity contribution < 1.29 is 14.6 Å². The van der Waals surface area contributed by atoms with E-state index in [1.807, 2.05) is 0 Å². The molecule has 2 radical (unpaired) electrons. The number of rotatable bonds is 2. The maximum absolute atomic E-state index is 7.53. The molecule has 0 saturated heterocycles. The van der Waals surface area contributed by atoms with Crippen molar-refractivity contribution in [1.82, 2.24) is 0 Å². The van der Waals surface area contributed by atoms with Crippen molar-refractivity contribution in [2.75, 3.05) is 0 Å². The van der Waals surface area contributed by atoms with E-state index in [2.05, 4.69) is 53.1 Å². The summed E-state index contributed by atoms with van der Waals surface area (Å²) in [5.41, 5.74) is 2.92. The Bertz CT molecular complexity index is 568. The van der Waals surface area contributed by atoms with Crippen LogP contribution in [0.1, 0.15) is 17.5 Å². The molecule has 0 fully saturated rings. The first-order valence-corrected chi connectivity index (χ1v) is 6.11. The number of fused-ring (bicyclic) bond motifs is 3. The average molecular weight is 252 g/mol. The van der Waals surface area contributed by atoms with Gasteiger partial charge in [-0.25, -0.2) is 0 Å². The molecule has 0 spiro atoms. The fourth-order valence-corrected chi connectivity index (χ4v) is 2.22. The third-order valence-electron chi connectivity index (χ3n) is 3.05. The highest BCUT2D eigenvalue weighted by atomic mass is 16.5. The predicted octanol–water partition coefficient (Wildman–Crippen LogP) is 1.86. The van der Waals surface area contributed by atoms with Crippen molar-refractivity contribution in [2.24, 2.45) is 0 Å². The van der Waals surface area contributed by atoms with Crippen LogP contribution in [-0.2, 0) is 11.0 Å². The quantitative estimate of drug-likeness (QED) is 0.802. The highest BCUT2D eigenvalue weighted by Crippen LogP contribution is 2.27. The average Bonchev–Trinajstić information content (AvgIpc) is 2.49. The van der Waals surface area contributed by atoms with Crippen LogP contribution in [0.3, 0.4) is 0 Å². The summed E-state index contributed by atoms with van der Waals surface area (Å²) in [6.07, 6.45) is 6.91. The van der Waals surface area contributed by atoms with Gasteiger partial charge in [0, 0.05) is 0 Å². The van der Waals surface area contributed by atoms with Crippen LogP contribution in [0.25, 0.3) is 16.8 Å². The van der Waals surface area contributed by atoms with Crippen LogP contribution in [-0.4, -0.2) is 25.4 Å². The highest BCUT2D eigenvalue weighted by molar-refractivity contribution is 6.32. The molecule has 0 saturated carbocycles. The molecular weight excluding hydrogens is 238 g/mol. The van der Waals surface area contributed by atoms with Crippen LogP contribution in [0.4, 0.5) is 0 Å². The van der Waals surface area contributed by atoms with Gasteiger partial charge in [0.2, 0.25) is 0 Å². The van der Waals surface area contributed by atoms with Gasteiger partial charge in [0.1, 0.15) is 0 Å². The third-order valence-corrected chi connectivity index (χ3v) is 3.05. The molecule has 0 aliphatic heterocycles. The van der Waals surface area contributed by atoms with Crippen molar-refractivity contribution in [1.29, 1.82) is 0 Å². The molecule has 3 rings (SSSR count). The third kappa shape index (κ3) is 3.47. The molecule has 2 N–H and O–H groups in total. The van der Waals surface area contributed by atoms with Crippen LogP contribution < -0.4 is 0 Å². The SMILES string of the molecule is C1=Cc2c(ccc3ccccc23)CC1.O[B]O[B]O. The Balaban J connectivity index is 0.000000232. The summed E-state index contributed by atoms with van der Waals surface area (Å²) in [6.45, 7) is 0. The predicted molar refractivity (Wildman–Crippen MR) is 78.3 cm³/mol. The molecule has 0 heterocycles. The van der Waals surface area contributed by atoms with Gasteiger partial charge in [0.25, 0.3) is 0 Å². The van der Waals surface area contributed by atoms with Crippen LogP contribution in [0, 0.1) is 0 Å². The second-order valence-electron chi connectivity index (χ2n) is 4.15. The first kappa shape index (κ1) is 13.9.